The standard InChI is InChI=1S/C24H27N3O6/c1-15(28)27-10-9-20-19(13-27)26-24(30)17-5-8-21(31-2)22(11-17)32-14-23(29)25-12-16-3-6-18(33-20)7-4-16/h3-8,11,19-20H,9-10,12-14H2,1-2H3,(H,25,29)(H,26,30)/t19-,20+/m0/s1. The van der Waals surface area contributed by atoms with E-state index in [-0.39, 0.29) is 36.2 Å². The van der Waals surface area contributed by atoms with Gasteiger partial charge in [-0.2, -0.15) is 0 Å². The minimum Gasteiger partial charge on any atom is -0.493 e. The van der Waals surface area contributed by atoms with Crippen LogP contribution in [-0.4, -0.2) is 61.6 Å². The van der Waals surface area contributed by atoms with Crippen LogP contribution in [0.4, 0.5) is 0 Å². The van der Waals surface area contributed by atoms with Gasteiger partial charge in [-0.3, -0.25) is 14.4 Å². The van der Waals surface area contributed by atoms with Crippen LogP contribution in [0.2, 0.25) is 0 Å². The Hall–Kier alpha value is -3.75. The number of ether oxygens (including phenoxy) is 3. The van der Waals surface area contributed by atoms with Gasteiger partial charge in [0, 0.05) is 38.5 Å². The number of nitrogens with one attached hydrogen (secondary N) is 2. The molecule has 0 aliphatic carbocycles. The van der Waals surface area contributed by atoms with Crippen LogP contribution >= 0.6 is 0 Å². The summed E-state index contributed by atoms with van der Waals surface area (Å²) >= 11 is 0. The lowest BCUT2D eigenvalue weighted by atomic mass is 10.0. The number of rotatable bonds is 1. The summed E-state index contributed by atoms with van der Waals surface area (Å²) < 4.78 is 17.2. The maximum absolute atomic E-state index is 13.1. The van der Waals surface area contributed by atoms with Crippen LogP contribution in [0, 0.1) is 0 Å². The molecule has 2 N–H and O–H groups in total. The Kier molecular flexibility index (Phi) is 6.67. The Morgan fingerprint density at radius 1 is 1.15 bits per heavy atom. The second-order valence-electron chi connectivity index (χ2n) is 8.06. The molecule has 0 radical (unpaired) electrons. The first-order chi connectivity index (χ1) is 15.9. The van der Waals surface area contributed by atoms with Gasteiger partial charge in [0.15, 0.2) is 18.1 Å². The van der Waals surface area contributed by atoms with Gasteiger partial charge in [-0.1, -0.05) is 12.1 Å². The van der Waals surface area contributed by atoms with Gasteiger partial charge in [0.2, 0.25) is 5.91 Å². The predicted octanol–water partition coefficient (Wildman–Crippen LogP) is 1.50. The van der Waals surface area contributed by atoms with Crippen LogP contribution in [0.1, 0.15) is 29.3 Å². The van der Waals surface area contributed by atoms with E-state index in [1.807, 2.05) is 24.3 Å². The Morgan fingerprint density at radius 2 is 1.94 bits per heavy atom. The molecule has 5 rings (SSSR count). The average molecular weight is 453 g/mol. The number of fused-ring (bicyclic) bond motifs is 7. The first-order valence-electron chi connectivity index (χ1n) is 10.8. The van der Waals surface area contributed by atoms with E-state index in [0.29, 0.717) is 43.1 Å². The zero-order chi connectivity index (χ0) is 23.4. The third kappa shape index (κ3) is 5.36. The fourth-order valence-electron chi connectivity index (χ4n) is 3.93. The van der Waals surface area contributed by atoms with Crippen LogP contribution < -0.4 is 24.8 Å². The maximum Gasteiger partial charge on any atom is 0.258 e. The van der Waals surface area contributed by atoms with Crippen molar-refractivity contribution in [1.82, 2.24) is 15.5 Å². The third-order valence-electron chi connectivity index (χ3n) is 5.80. The number of amides is 3. The first kappa shape index (κ1) is 22.4. The van der Waals surface area contributed by atoms with Crippen molar-refractivity contribution in [2.45, 2.75) is 32.0 Å². The number of nitrogens with zero attached hydrogens (tertiary/aromatic N) is 1. The van der Waals surface area contributed by atoms with Crippen molar-refractivity contribution in [3.8, 4) is 17.2 Å². The summed E-state index contributed by atoms with van der Waals surface area (Å²) in [5, 5.41) is 5.82. The molecule has 0 unspecified atom stereocenters. The minimum atomic E-state index is -0.403. The number of hydrogen-bond acceptors (Lipinski definition) is 6. The molecule has 3 aliphatic rings. The van der Waals surface area contributed by atoms with E-state index in [2.05, 4.69) is 10.6 Å². The number of methoxy groups -OCH3 is 1. The van der Waals surface area contributed by atoms with Crippen LogP contribution in [0.15, 0.2) is 42.5 Å². The van der Waals surface area contributed by atoms with Crippen molar-refractivity contribution in [3.63, 3.8) is 0 Å². The lowest BCUT2D eigenvalue weighted by Gasteiger charge is -2.38. The van der Waals surface area contributed by atoms with E-state index >= 15 is 0 Å². The molecule has 0 saturated carbocycles. The average Bonchev–Trinajstić information content (AvgIpc) is 2.82. The smallest absolute Gasteiger partial charge is 0.258 e. The van der Waals surface area contributed by atoms with Crippen molar-refractivity contribution in [2.24, 2.45) is 0 Å². The lowest BCUT2D eigenvalue weighted by molar-refractivity contribution is -0.131. The highest BCUT2D eigenvalue weighted by molar-refractivity contribution is 5.95. The van der Waals surface area contributed by atoms with Crippen molar-refractivity contribution >= 4 is 17.7 Å². The summed E-state index contributed by atoms with van der Waals surface area (Å²) in [4.78, 5) is 39.0. The number of carbonyl (C=O) groups excluding carboxylic acids is 3. The second-order valence-corrected chi connectivity index (χ2v) is 8.06. The van der Waals surface area contributed by atoms with Gasteiger partial charge in [0.05, 0.1) is 13.2 Å². The fraction of sp³-hybridized carbons (Fsp3) is 0.375. The molecule has 33 heavy (non-hydrogen) atoms. The number of carbonyl (C=O) groups is 3. The number of piperidine rings is 1. The Balaban J connectivity index is 1.65. The molecule has 1 saturated heterocycles. The monoisotopic (exact) mass is 453 g/mol. The normalized spacial score (nSPS) is 21.0. The van der Waals surface area contributed by atoms with Gasteiger partial charge in [0.25, 0.3) is 11.8 Å². The molecule has 1 fully saturated rings. The summed E-state index contributed by atoms with van der Waals surface area (Å²) in [5.74, 6) is 0.671. The zero-order valence-electron chi connectivity index (χ0n) is 18.6. The van der Waals surface area contributed by atoms with E-state index in [9.17, 15) is 14.4 Å². The van der Waals surface area contributed by atoms with Gasteiger partial charge < -0.3 is 29.7 Å². The molecule has 174 valence electrons. The van der Waals surface area contributed by atoms with Gasteiger partial charge in [0.1, 0.15) is 11.9 Å². The number of hydrogen-bond donors (Lipinski definition) is 2. The number of benzene rings is 2. The first-order valence-corrected chi connectivity index (χ1v) is 10.8. The van der Waals surface area contributed by atoms with Gasteiger partial charge in [-0.05, 0) is 35.9 Å². The predicted molar refractivity (Wildman–Crippen MR) is 119 cm³/mol. The molecule has 2 atom stereocenters. The minimum absolute atomic E-state index is 0.0484. The van der Waals surface area contributed by atoms with Crippen LogP contribution in [0.5, 0.6) is 17.2 Å². The molecular weight excluding hydrogens is 426 g/mol. The topological polar surface area (TPSA) is 106 Å². The van der Waals surface area contributed by atoms with Gasteiger partial charge >= 0.3 is 0 Å². The molecule has 4 bridgehead atoms. The van der Waals surface area contributed by atoms with Crippen molar-refractivity contribution in [2.75, 3.05) is 26.8 Å². The molecule has 2 aromatic carbocycles. The second kappa shape index (κ2) is 9.81. The van der Waals surface area contributed by atoms with Crippen molar-refractivity contribution in [1.29, 1.82) is 0 Å². The van der Waals surface area contributed by atoms with Crippen LogP contribution in [-0.2, 0) is 16.1 Å². The zero-order valence-corrected chi connectivity index (χ0v) is 18.6. The van der Waals surface area contributed by atoms with E-state index in [1.54, 1.807) is 17.0 Å². The molecule has 9 heteroatoms. The summed E-state index contributed by atoms with van der Waals surface area (Å²) in [6, 6.07) is 11.8. The summed E-state index contributed by atoms with van der Waals surface area (Å²) in [6.07, 6.45) is 0.277. The van der Waals surface area contributed by atoms with E-state index in [0.717, 1.165) is 5.56 Å². The number of likely N-dealkylation sites (tertiary alicyclic amines) is 1. The van der Waals surface area contributed by atoms with E-state index in [1.165, 1.54) is 20.1 Å². The highest BCUT2D eigenvalue weighted by atomic mass is 16.5. The molecule has 0 aromatic heterocycles. The van der Waals surface area contributed by atoms with Crippen molar-refractivity contribution < 1.29 is 28.6 Å². The largest absolute Gasteiger partial charge is 0.493 e. The van der Waals surface area contributed by atoms with Crippen LogP contribution in [0.3, 0.4) is 0 Å². The lowest BCUT2D eigenvalue weighted by Crippen LogP contribution is -2.57. The molecule has 0 spiro atoms. The molecule has 3 aliphatic heterocycles. The third-order valence-corrected chi connectivity index (χ3v) is 5.80. The summed E-state index contributed by atoms with van der Waals surface area (Å²) in [5.41, 5.74) is 1.26. The maximum atomic E-state index is 13.1. The summed E-state index contributed by atoms with van der Waals surface area (Å²) in [6.45, 7) is 2.54. The summed E-state index contributed by atoms with van der Waals surface area (Å²) in [7, 11) is 1.49. The Morgan fingerprint density at radius 3 is 2.67 bits per heavy atom. The molecule has 3 heterocycles. The Labute approximate surface area is 192 Å². The molecular formula is C24H27N3O6. The SMILES string of the molecule is COc1ccc2cc1OCC(=O)NCc1ccc(cc1)O[C@@H]1CCN(C(C)=O)C[C@@H]1NC2=O. The van der Waals surface area contributed by atoms with Crippen LogP contribution in [0.25, 0.3) is 0 Å². The quantitative estimate of drug-likeness (QED) is 0.678. The highest BCUT2D eigenvalue weighted by Crippen LogP contribution is 2.28. The molecule has 9 nitrogen and oxygen atoms in total. The van der Waals surface area contributed by atoms with Gasteiger partial charge in [-0.25, -0.2) is 0 Å². The highest BCUT2D eigenvalue weighted by Gasteiger charge is 2.33. The Bertz CT molecular complexity index is 1040. The van der Waals surface area contributed by atoms with E-state index in [4.69, 9.17) is 14.2 Å². The molecule has 3 amide bonds. The van der Waals surface area contributed by atoms with Gasteiger partial charge in [-0.15, -0.1) is 0 Å². The van der Waals surface area contributed by atoms with Crippen molar-refractivity contribution in [3.05, 3.63) is 53.6 Å². The van der Waals surface area contributed by atoms with E-state index < -0.39 is 6.04 Å². The fourth-order valence-corrected chi connectivity index (χ4v) is 3.93. The molecule has 2 aromatic rings.